The molecule has 2 N–H and O–H groups in total. The lowest BCUT2D eigenvalue weighted by Gasteiger charge is -2.42. The van der Waals surface area contributed by atoms with Gasteiger partial charge in [0.05, 0.1) is 6.21 Å². The van der Waals surface area contributed by atoms with E-state index in [1.54, 1.807) is 6.07 Å². The quantitative estimate of drug-likeness (QED) is 0.430. The summed E-state index contributed by atoms with van der Waals surface area (Å²) in [5.41, 5.74) is 6.83. The Labute approximate surface area is 150 Å². The normalized spacial score (nSPS) is 18.3. The molecule has 0 radical (unpaired) electrons. The Morgan fingerprint density at radius 2 is 1.52 bits per heavy atom. The first-order chi connectivity index (χ1) is 11.7. The van der Waals surface area contributed by atoms with Crippen molar-refractivity contribution in [3.8, 4) is 16.9 Å². The molecule has 1 aliphatic carbocycles. The first kappa shape index (κ1) is 17.5. The zero-order valence-corrected chi connectivity index (χ0v) is 15.7. The van der Waals surface area contributed by atoms with Crippen LogP contribution in [0.15, 0.2) is 35.5 Å². The zero-order chi connectivity index (χ0) is 18.4. The molecule has 2 aromatic rings. The van der Waals surface area contributed by atoms with Crippen LogP contribution >= 0.6 is 0 Å². The maximum atomic E-state index is 10.5. The molecule has 0 saturated carbocycles. The predicted octanol–water partition coefficient (Wildman–Crippen LogP) is 5.52. The standard InChI is InChI=1S/C22H27NO2/c1-14-10-18-19(22(4,5)9-8-21(18,2)3)12-17(14)16-7-6-15(13-23-25)11-20(16)24/h6-7,10-13,24-25H,8-9H2,1-5H3/b23-13+. The van der Waals surface area contributed by atoms with E-state index in [1.165, 1.54) is 29.3 Å². The average Bonchev–Trinajstić information content (AvgIpc) is 2.53. The molecule has 2 aromatic carbocycles. The maximum Gasteiger partial charge on any atom is 0.124 e. The summed E-state index contributed by atoms with van der Waals surface area (Å²) in [6.07, 6.45) is 3.66. The molecular formula is C22H27NO2. The minimum absolute atomic E-state index is 0.131. The van der Waals surface area contributed by atoms with Crippen LogP contribution < -0.4 is 0 Å². The number of benzene rings is 2. The van der Waals surface area contributed by atoms with E-state index < -0.39 is 0 Å². The van der Waals surface area contributed by atoms with Gasteiger partial charge in [-0.1, -0.05) is 45.0 Å². The molecule has 0 spiro atoms. The average molecular weight is 337 g/mol. The summed E-state index contributed by atoms with van der Waals surface area (Å²) >= 11 is 0. The third kappa shape index (κ3) is 3.04. The van der Waals surface area contributed by atoms with Gasteiger partial charge in [0.1, 0.15) is 5.75 Å². The minimum atomic E-state index is 0.131. The number of aryl methyl sites for hydroxylation is 1. The molecule has 0 fully saturated rings. The smallest absolute Gasteiger partial charge is 0.124 e. The van der Waals surface area contributed by atoms with Crippen molar-refractivity contribution in [1.82, 2.24) is 0 Å². The molecule has 132 valence electrons. The highest BCUT2D eigenvalue weighted by atomic mass is 16.4. The third-order valence-electron chi connectivity index (χ3n) is 5.72. The summed E-state index contributed by atoms with van der Waals surface area (Å²) in [5, 5.41) is 22.2. The summed E-state index contributed by atoms with van der Waals surface area (Å²) in [6.45, 7) is 11.4. The Kier molecular flexibility index (Phi) is 4.14. The first-order valence-electron chi connectivity index (χ1n) is 8.82. The van der Waals surface area contributed by atoms with Gasteiger partial charge in [-0.25, -0.2) is 0 Å². The van der Waals surface area contributed by atoms with Crippen molar-refractivity contribution in [3.63, 3.8) is 0 Å². The number of phenols is 1. The molecule has 0 bridgehead atoms. The third-order valence-corrected chi connectivity index (χ3v) is 5.72. The minimum Gasteiger partial charge on any atom is -0.507 e. The van der Waals surface area contributed by atoms with E-state index in [-0.39, 0.29) is 16.6 Å². The van der Waals surface area contributed by atoms with Gasteiger partial charge >= 0.3 is 0 Å². The molecule has 25 heavy (non-hydrogen) atoms. The molecule has 0 unspecified atom stereocenters. The van der Waals surface area contributed by atoms with Crippen LogP contribution in [0.5, 0.6) is 5.75 Å². The first-order valence-corrected chi connectivity index (χ1v) is 8.82. The second kappa shape index (κ2) is 5.91. The number of aromatic hydroxyl groups is 1. The van der Waals surface area contributed by atoms with Crippen LogP contribution in [0.3, 0.4) is 0 Å². The van der Waals surface area contributed by atoms with Crippen molar-refractivity contribution in [2.45, 2.75) is 58.3 Å². The Bertz CT molecular complexity index is 847. The van der Waals surface area contributed by atoms with Crippen molar-refractivity contribution in [1.29, 1.82) is 0 Å². The molecule has 0 atom stereocenters. The van der Waals surface area contributed by atoms with Gasteiger partial charge in [-0.05, 0) is 76.6 Å². The lowest BCUT2D eigenvalue weighted by Crippen LogP contribution is -2.34. The Hall–Kier alpha value is -2.29. The summed E-state index contributed by atoms with van der Waals surface area (Å²) in [4.78, 5) is 0. The predicted molar refractivity (Wildman–Crippen MR) is 103 cm³/mol. The van der Waals surface area contributed by atoms with Crippen LogP contribution in [0.1, 0.15) is 62.8 Å². The van der Waals surface area contributed by atoms with Gasteiger partial charge in [-0.3, -0.25) is 0 Å². The molecule has 0 aliphatic heterocycles. The van der Waals surface area contributed by atoms with Crippen molar-refractivity contribution < 1.29 is 10.3 Å². The second-order valence-corrected chi connectivity index (χ2v) is 8.50. The van der Waals surface area contributed by atoms with Crippen LogP contribution in [0.25, 0.3) is 11.1 Å². The van der Waals surface area contributed by atoms with Gasteiger partial charge in [0, 0.05) is 5.56 Å². The Morgan fingerprint density at radius 1 is 0.920 bits per heavy atom. The number of nitrogens with zero attached hydrogens (tertiary/aromatic N) is 1. The van der Waals surface area contributed by atoms with Gasteiger partial charge in [0.25, 0.3) is 0 Å². The van der Waals surface area contributed by atoms with Crippen LogP contribution in [0, 0.1) is 6.92 Å². The molecule has 0 heterocycles. The number of rotatable bonds is 2. The van der Waals surface area contributed by atoms with Crippen molar-refractivity contribution >= 4 is 6.21 Å². The lowest BCUT2D eigenvalue weighted by molar-refractivity contribution is 0.322. The lowest BCUT2D eigenvalue weighted by atomic mass is 9.62. The van der Waals surface area contributed by atoms with Gasteiger partial charge < -0.3 is 10.3 Å². The monoisotopic (exact) mass is 337 g/mol. The van der Waals surface area contributed by atoms with Crippen LogP contribution in [0.4, 0.5) is 0 Å². The summed E-state index contributed by atoms with van der Waals surface area (Å²) in [6, 6.07) is 9.93. The molecular weight excluding hydrogens is 310 g/mol. The fourth-order valence-corrected chi connectivity index (χ4v) is 3.94. The van der Waals surface area contributed by atoms with Gasteiger partial charge in [-0.15, -0.1) is 0 Å². The molecule has 3 rings (SSSR count). The summed E-state index contributed by atoms with van der Waals surface area (Å²) < 4.78 is 0. The molecule has 0 saturated heterocycles. The highest BCUT2D eigenvalue weighted by molar-refractivity contribution is 5.83. The van der Waals surface area contributed by atoms with Gasteiger partial charge in [0.15, 0.2) is 0 Å². The Balaban J connectivity index is 2.20. The molecule has 3 heteroatoms. The number of phenolic OH excluding ortho intramolecular Hbond substituents is 1. The maximum absolute atomic E-state index is 10.5. The topological polar surface area (TPSA) is 52.8 Å². The molecule has 0 amide bonds. The van der Waals surface area contributed by atoms with E-state index in [2.05, 4.69) is 51.9 Å². The highest BCUT2D eigenvalue weighted by Gasteiger charge is 2.37. The molecule has 1 aliphatic rings. The highest BCUT2D eigenvalue weighted by Crippen LogP contribution is 2.48. The van der Waals surface area contributed by atoms with Crippen molar-refractivity contribution in [2.24, 2.45) is 5.16 Å². The second-order valence-electron chi connectivity index (χ2n) is 8.50. The number of hydrogen-bond donors (Lipinski definition) is 2. The van der Waals surface area contributed by atoms with E-state index >= 15 is 0 Å². The number of hydrogen-bond acceptors (Lipinski definition) is 3. The fourth-order valence-electron chi connectivity index (χ4n) is 3.94. The van der Waals surface area contributed by atoms with Gasteiger partial charge in [0.2, 0.25) is 0 Å². The van der Waals surface area contributed by atoms with E-state index in [0.717, 1.165) is 17.5 Å². The SMILES string of the molecule is Cc1cc2c(cc1-c1ccc(/C=N/O)cc1O)C(C)(C)CCC2(C)C. The Morgan fingerprint density at radius 3 is 2.08 bits per heavy atom. The molecule has 3 nitrogen and oxygen atoms in total. The fraction of sp³-hybridized carbons (Fsp3) is 0.409. The van der Waals surface area contributed by atoms with Crippen LogP contribution in [-0.4, -0.2) is 16.5 Å². The largest absolute Gasteiger partial charge is 0.507 e. The van der Waals surface area contributed by atoms with Gasteiger partial charge in [-0.2, -0.15) is 0 Å². The van der Waals surface area contributed by atoms with E-state index in [4.69, 9.17) is 5.21 Å². The van der Waals surface area contributed by atoms with E-state index in [9.17, 15) is 5.11 Å². The number of oxime groups is 1. The van der Waals surface area contributed by atoms with Crippen LogP contribution in [0.2, 0.25) is 0 Å². The van der Waals surface area contributed by atoms with E-state index in [1.807, 2.05) is 12.1 Å². The van der Waals surface area contributed by atoms with Crippen LogP contribution in [-0.2, 0) is 10.8 Å². The number of fused-ring (bicyclic) bond motifs is 1. The van der Waals surface area contributed by atoms with E-state index in [0.29, 0.717) is 5.56 Å². The summed E-state index contributed by atoms with van der Waals surface area (Å²) in [5.74, 6) is 0.202. The summed E-state index contributed by atoms with van der Waals surface area (Å²) in [7, 11) is 0. The molecule has 0 aromatic heterocycles. The zero-order valence-electron chi connectivity index (χ0n) is 15.7. The van der Waals surface area contributed by atoms with Crippen molar-refractivity contribution in [2.75, 3.05) is 0 Å². The van der Waals surface area contributed by atoms with Crippen molar-refractivity contribution in [3.05, 3.63) is 52.6 Å².